The van der Waals surface area contributed by atoms with Gasteiger partial charge in [0.1, 0.15) is 0 Å². The molecule has 1 aliphatic rings. The van der Waals surface area contributed by atoms with E-state index in [1.165, 1.54) is 12.8 Å². The van der Waals surface area contributed by atoms with Crippen molar-refractivity contribution in [1.82, 2.24) is 15.5 Å². The maximum Gasteiger partial charge on any atom is 0.253 e. The number of nitrogens with zero attached hydrogens (tertiary/aromatic N) is 2. The first-order valence-electron chi connectivity index (χ1n) is 6.26. The molecule has 2 rings (SSSR count). The number of aryl methyl sites for hydroxylation is 2. The molecule has 0 aliphatic heterocycles. The second-order valence-corrected chi connectivity index (χ2v) is 5.62. The average Bonchev–Trinajstić information content (AvgIpc) is 2.81. The van der Waals surface area contributed by atoms with Crippen molar-refractivity contribution in [3.8, 4) is 0 Å². The lowest BCUT2D eigenvalue weighted by Crippen LogP contribution is -2.48. The van der Waals surface area contributed by atoms with Gasteiger partial charge in [-0.05, 0) is 32.8 Å². The molecule has 0 unspecified atom stereocenters. The average molecular weight is 312 g/mol. The van der Waals surface area contributed by atoms with Crippen LogP contribution in [0.25, 0.3) is 0 Å². The zero-order chi connectivity index (χ0) is 13.2. The second kappa shape index (κ2) is 5.34. The molecule has 0 atom stereocenters. The topological polar surface area (TPSA) is 54.9 Å². The largest absolute Gasteiger partial charge is 0.346 e. The molecule has 4 nitrogen and oxygen atoms in total. The van der Waals surface area contributed by atoms with E-state index in [-0.39, 0.29) is 11.4 Å². The van der Waals surface area contributed by atoms with E-state index in [9.17, 15) is 4.79 Å². The predicted molar refractivity (Wildman–Crippen MR) is 74.0 cm³/mol. The first-order valence-corrected chi connectivity index (χ1v) is 7.38. The molecule has 1 aliphatic carbocycles. The highest BCUT2D eigenvalue weighted by Gasteiger charge is 2.34. The number of hydrogen-bond acceptors (Lipinski definition) is 3. The van der Waals surface area contributed by atoms with E-state index < -0.39 is 0 Å². The number of carbonyl (C=O) groups excluding carboxylic acids is 1. The van der Waals surface area contributed by atoms with E-state index in [0.29, 0.717) is 11.3 Å². The Bertz CT molecular complexity index is 456. The molecule has 0 radical (unpaired) electrons. The standard InChI is InChI=1S/C13H18BrN3O/c1-9-7-11(10(2)17-16-9)12(18)15-13(8-14)5-3-4-6-13/h7H,3-6,8H2,1-2H3,(H,15,18). The van der Waals surface area contributed by atoms with Crippen LogP contribution in [0.3, 0.4) is 0 Å². The third kappa shape index (κ3) is 2.71. The van der Waals surface area contributed by atoms with E-state index in [1.807, 2.05) is 13.8 Å². The fraction of sp³-hybridized carbons (Fsp3) is 0.615. The van der Waals surface area contributed by atoms with Crippen LogP contribution in [-0.2, 0) is 0 Å². The van der Waals surface area contributed by atoms with E-state index in [0.717, 1.165) is 23.9 Å². The van der Waals surface area contributed by atoms with Gasteiger partial charge in [-0.1, -0.05) is 28.8 Å². The summed E-state index contributed by atoms with van der Waals surface area (Å²) in [5, 5.41) is 11.9. The van der Waals surface area contributed by atoms with Crippen LogP contribution in [0.15, 0.2) is 6.07 Å². The molecule has 0 bridgehead atoms. The van der Waals surface area contributed by atoms with Crippen LogP contribution in [0, 0.1) is 13.8 Å². The molecule has 5 heteroatoms. The smallest absolute Gasteiger partial charge is 0.253 e. The molecule has 18 heavy (non-hydrogen) atoms. The summed E-state index contributed by atoms with van der Waals surface area (Å²) in [6.45, 7) is 3.66. The highest BCUT2D eigenvalue weighted by Crippen LogP contribution is 2.31. The van der Waals surface area contributed by atoms with E-state index >= 15 is 0 Å². The van der Waals surface area contributed by atoms with Crippen LogP contribution >= 0.6 is 15.9 Å². The normalized spacial score (nSPS) is 17.7. The molecule has 1 N–H and O–H groups in total. The lowest BCUT2D eigenvalue weighted by Gasteiger charge is -2.28. The van der Waals surface area contributed by atoms with Crippen molar-refractivity contribution in [2.45, 2.75) is 45.1 Å². The van der Waals surface area contributed by atoms with Crippen LogP contribution in [0.5, 0.6) is 0 Å². The van der Waals surface area contributed by atoms with Gasteiger partial charge < -0.3 is 5.32 Å². The fourth-order valence-corrected chi connectivity index (χ4v) is 3.13. The molecule has 0 spiro atoms. The Morgan fingerprint density at radius 1 is 1.39 bits per heavy atom. The van der Waals surface area contributed by atoms with Crippen LogP contribution in [0.4, 0.5) is 0 Å². The number of amides is 1. The molecular formula is C13H18BrN3O. The molecule has 1 heterocycles. The van der Waals surface area contributed by atoms with Gasteiger partial charge in [0.15, 0.2) is 0 Å². The molecule has 1 aromatic rings. The minimum Gasteiger partial charge on any atom is -0.346 e. The summed E-state index contributed by atoms with van der Waals surface area (Å²) >= 11 is 3.52. The van der Waals surface area contributed by atoms with E-state index in [2.05, 4.69) is 31.4 Å². The summed E-state index contributed by atoms with van der Waals surface area (Å²) in [6.07, 6.45) is 4.44. The van der Waals surface area contributed by atoms with Crippen molar-refractivity contribution in [3.63, 3.8) is 0 Å². The van der Waals surface area contributed by atoms with Crippen LogP contribution in [0.2, 0.25) is 0 Å². The minimum atomic E-state index is -0.0826. The number of hydrogen-bond donors (Lipinski definition) is 1. The Balaban J connectivity index is 2.18. The summed E-state index contributed by atoms with van der Waals surface area (Å²) in [6, 6.07) is 1.80. The highest BCUT2D eigenvalue weighted by molar-refractivity contribution is 9.09. The number of rotatable bonds is 3. The van der Waals surface area contributed by atoms with Crippen molar-refractivity contribution in [2.75, 3.05) is 5.33 Å². The van der Waals surface area contributed by atoms with Crippen LogP contribution in [-0.4, -0.2) is 27.0 Å². The van der Waals surface area contributed by atoms with Crippen molar-refractivity contribution < 1.29 is 4.79 Å². The Hall–Kier alpha value is -0.970. The van der Waals surface area contributed by atoms with Gasteiger partial charge in [-0.3, -0.25) is 4.79 Å². The molecule has 98 valence electrons. The molecule has 1 aromatic heterocycles. The van der Waals surface area contributed by atoms with Gasteiger partial charge in [-0.25, -0.2) is 0 Å². The van der Waals surface area contributed by atoms with Gasteiger partial charge >= 0.3 is 0 Å². The summed E-state index contributed by atoms with van der Waals surface area (Å²) < 4.78 is 0. The number of halogens is 1. The SMILES string of the molecule is Cc1cc(C(=O)NC2(CBr)CCCC2)c(C)nn1. The summed E-state index contributed by atoms with van der Waals surface area (Å²) in [5.41, 5.74) is 2.00. The fourth-order valence-electron chi connectivity index (χ4n) is 2.43. The molecule has 1 saturated carbocycles. The quantitative estimate of drug-likeness (QED) is 0.873. The van der Waals surface area contributed by atoms with Gasteiger partial charge in [0.2, 0.25) is 0 Å². The number of aromatic nitrogens is 2. The van der Waals surface area contributed by atoms with Gasteiger partial charge in [-0.2, -0.15) is 10.2 Å². The number of alkyl halides is 1. The zero-order valence-electron chi connectivity index (χ0n) is 10.8. The Labute approximate surface area is 116 Å². The van der Waals surface area contributed by atoms with Crippen molar-refractivity contribution in [1.29, 1.82) is 0 Å². The van der Waals surface area contributed by atoms with Gasteiger partial charge in [0.25, 0.3) is 5.91 Å². The van der Waals surface area contributed by atoms with Crippen molar-refractivity contribution in [3.05, 3.63) is 23.0 Å². The Morgan fingerprint density at radius 2 is 2.06 bits per heavy atom. The number of nitrogens with one attached hydrogen (secondary N) is 1. The number of carbonyl (C=O) groups is 1. The van der Waals surface area contributed by atoms with E-state index in [1.54, 1.807) is 6.07 Å². The Kier molecular flexibility index (Phi) is 4.00. The minimum absolute atomic E-state index is 0.0353. The zero-order valence-corrected chi connectivity index (χ0v) is 12.4. The Morgan fingerprint density at radius 3 is 2.67 bits per heavy atom. The first-order chi connectivity index (χ1) is 8.56. The van der Waals surface area contributed by atoms with Crippen LogP contribution < -0.4 is 5.32 Å². The third-order valence-electron chi connectivity index (χ3n) is 3.54. The maximum absolute atomic E-state index is 12.3. The summed E-state index contributed by atoms with van der Waals surface area (Å²) in [5.74, 6) is -0.0353. The van der Waals surface area contributed by atoms with E-state index in [4.69, 9.17) is 0 Å². The second-order valence-electron chi connectivity index (χ2n) is 5.06. The van der Waals surface area contributed by atoms with Crippen molar-refractivity contribution >= 4 is 21.8 Å². The predicted octanol–water partition coefficient (Wildman–Crippen LogP) is 2.53. The monoisotopic (exact) mass is 311 g/mol. The molecule has 0 saturated heterocycles. The van der Waals surface area contributed by atoms with Crippen molar-refractivity contribution in [2.24, 2.45) is 0 Å². The first kappa shape index (κ1) is 13.5. The molecular weight excluding hydrogens is 294 g/mol. The molecule has 1 amide bonds. The summed E-state index contributed by atoms with van der Waals surface area (Å²) in [7, 11) is 0. The maximum atomic E-state index is 12.3. The highest BCUT2D eigenvalue weighted by atomic mass is 79.9. The van der Waals surface area contributed by atoms with Gasteiger partial charge in [0, 0.05) is 5.33 Å². The molecule has 0 aromatic carbocycles. The lowest BCUT2D eigenvalue weighted by atomic mass is 9.99. The lowest BCUT2D eigenvalue weighted by molar-refractivity contribution is 0.0909. The van der Waals surface area contributed by atoms with Crippen LogP contribution in [0.1, 0.15) is 47.4 Å². The third-order valence-corrected chi connectivity index (χ3v) is 4.61. The summed E-state index contributed by atoms with van der Waals surface area (Å²) in [4.78, 5) is 12.3. The molecule has 1 fully saturated rings. The van der Waals surface area contributed by atoms with Gasteiger partial charge in [-0.15, -0.1) is 0 Å². The van der Waals surface area contributed by atoms with Gasteiger partial charge in [0.05, 0.1) is 22.5 Å².